The molecule has 1 aromatic carbocycles. The Bertz CT molecular complexity index is 1600. The van der Waals surface area contributed by atoms with E-state index in [2.05, 4.69) is 40.7 Å². The van der Waals surface area contributed by atoms with E-state index in [1.165, 1.54) is 12.3 Å². The van der Waals surface area contributed by atoms with Gasteiger partial charge in [-0.1, -0.05) is 0 Å². The van der Waals surface area contributed by atoms with E-state index in [-0.39, 0.29) is 5.56 Å². The number of anilines is 3. The van der Waals surface area contributed by atoms with Crippen LogP contribution in [0, 0.1) is 12.7 Å². The van der Waals surface area contributed by atoms with Gasteiger partial charge in [0.25, 0.3) is 5.56 Å². The summed E-state index contributed by atoms with van der Waals surface area (Å²) < 4.78 is 15.1. The summed E-state index contributed by atoms with van der Waals surface area (Å²) in [5.41, 5.74) is 3.83. The van der Waals surface area contributed by atoms with Gasteiger partial charge in [-0.05, 0) is 37.3 Å². The molecule has 4 aromatic heterocycles. The Morgan fingerprint density at radius 2 is 1.97 bits per heavy atom. The third-order valence-corrected chi connectivity index (χ3v) is 6.34. The van der Waals surface area contributed by atoms with E-state index < -0.39 is 5.82 Å². The Kier molecular flexibility index (Phi) is 5.14. The fraction of sp³-hybridized carbons (Fsp3) is 0.200. The maximum atomic E-state index is 15.1. The van der Waals surface area contributed by atoms with Crippen molar-refractivity contribution in [2.45, 2.75) is 6.92 Å². The number of fused-ring (bicyclic) bond motifs is 2. The fourth-order valence-electron chi connectivity index (χ4n) is 4.50. The Balaban J connectivity index is 1.43. The normalized spacial score (nSPS) is 14.1. The number of aromatic nitrogens is 5. The second kappa shape index (κ2) is 8.48. The topological polar surface area (TPSA) is 115 Å². The van der Waals surface area contributed by atoms with E-state index in [9.17, 15) is 4.79 Å². The first-order valence-electron chi connectivity index (χ1n) is 11.4. The number of halogens is 1. The Morgan fingerprint density at radius 3 is 2.77 bits per heavy atom. The van der Waals surface area contributed by atoms with Crippen LogP contribution in [0.15, 0.2) is 53.6 Å². The lowest BCUT2D eigenvalue weighted by Gasteiger charge is -2.29. The highest BCUT2D eigenvalue weighted by Gasteiger charge is 2.17. The lowest BCUT2D eigenvalue weighted by molar-refractivity contribution is 0.589. The molecule has 1 saturated heterocycles. The number of benzene rings is 1. The number of piperazine rings is 1. The van der Waals surface area contributed by atoms with Crippen molar-refractivity contribution < 1.29 is 4.39 Å². The van der Waals surface area contributed by atoms with E-state index in [1.54, 1.807) is 18.2 Å². The molecule has 5 aromatic rings. The van der Waals surface area contributed by atoms with Crippen LogP contribution >= 0.6 is 0 Å². The van der Waals surface area contributed by atoms with Gasteiger partial charge < -0.3 is 20.5 Å². The van der Waals surface area contributed by atoms with Crippen molar-refractivity contribution in [3.63, 3.8) is 0 Å². The molecule has 10 heteroatoms. The van der Waals surface area contributed by atoms with E-state index in [1.807, 2.05) is 25.3 Å². The number of nitrogens with one attached hydrogen (secondary N) is 4. The number of hydrogen-bond acceptors (Lipinski definition) is 7. The van der Waals surface area contributed by atoms with Crippen LogP contribution in [0.25, 0.3) is 33.1 Å². The maximum Gasteiger partial charge on any atom is 0.259 e. The van der Waals surface area contributed by atoms with Crippen molar-refractivity contribution in [1.82, 2.24) is 30.5 Å². The third kappa shape index (κ3) is 3.87. The number of H-pyrrole nitrogens is 2. The van der Waals surface area contributed by atoms with Gasteiger partial charge in [0.1, 0.15) is 11.6 Å². The zero-order valence-corrected chi connectivity index (χ0v) is 19.0. The first-order chi connectivity index (χ1) is 17.1. The quantitative estimate of drug-likeness (QED) is 0.318. The Morgan fingerprint density at radius 1 is 1.11 bits per heavy atom. The van der Waals surface area contributed by atoms with Gasteiger partial charge in [0.15, 0.2) is 0 Å². The van der Waals surface area contributed by atoms with Crippen LogP contribution in [-0.2, 0) is 0 Å². The summed E-state index contributed by atoms with van der Waals surface area (Å²) in [4.78, 5) is 26.8. The molecule has 1 aliphatic heterocycles. The molecule has 4 N–H and O–H groups in total. The number of aryl methyl sites for hydroxylation is 1. The maximum absolute atomic E-state index is 15.1. The van der Waals surface area contributed by atoms with Crippen LogP contribution in [0.1, 0.15) is 5.69 Å². The molecular formula is C25H23FN8O. The van der Waals surface area contributed by atoms with Crippen molar-refractivity contribution in [1.29, 1.82) is 0 Å². The highest BCUT2D eigenvalue weighted by atomic mass is 19.1. The fourth-order valence-corrected chi connectivity index (χ4v) is 4.50. The largest absolute Gasteiger partial charge is 0.368 e. The highest BCUT2D eigenvalue weighted by Crippen LogP contribution is 2.32. The molecule has 6 rings (SSSR count). The van der Waals surface area contributed by atoms with Crippen LogP contribution in [0.5, 0.6) is 0 Å². The van der Waals surface area contributed by atoms with E-state index >= 15 is 4.39 Å². The average molecular weight is 471 g/mol. The van der Waals surface area contributed by atoms with E-state index in [0.717, 1.165) is 42.9 Å². The highest BCUT2D eigenvalue weighted by molar-refractivity contribution is 5.95. The van der Waals surface area contributed by atoms with Crippen molar-refractivity contribution in [2.24, 2.45) is 0 Å². The summed E-state index contributed by atoms with van der Waals surface area (Å²) in [6.07, 6.45) is 3.35. The smallest absolute Gasteiger partial charge is 0.259 e. The summed E-state index contributed by atoms with van der Waals surface area (Å²) in [5, 5.41) is 14.8. The molecule has 0 bridgehead atoms. The molecule has 0 radical (unpaired) electrons. The number of aromatic amines is 2. The lowest BCUT2D eigenvalue weighted by atomic mass is 10.0. The van der Waals surface area contributed by atoms with Crippen LogP contribution < -0.4 is 21.1 Å². The molecule has 35 heavy (non-hydrogen) atoms. The predicted molar refractivity (Wildman–Crippen MR) is 135 cm³/mol. The minimum absolute atomic E-state index is 0.289. The molecule has 1 aliphatic rings. The number of rotatable bonds is 4. The van der Waals surface area contributed by atoms with Crippen molar-refractivity contribution >= 4 is 39.0 Å². The van der Waals surface area contributed by atoms with Gasteiger partial charge in [0.05, 0.1) is 45.4 Å². The van der Waals surface area contributed by atoms with Crippen molar-refractivity contribution in [3.8, 4) is 11.3 Å². The monoisotopic (exact) mass is 470 g/mol. The first-order valence-corrected chi connectivity index (χ1v) is 11.4. The molecule has 0 unspecified atom stereocenters. The van der Waals surface area contributed by atoms with Crippen LogP contribution in [0.4, 0.5) is 21.6 Å². The summed E-state index contributed by atoms with van der Waals surface area (Å²) in [6, 6.07) is 10.4. The molecule has 0 amide bonds. The van der Waals surface area contributed by atoms with Crippen molar-refractivity contribution in [2.75, 3.05) is 36.4 Å². The van der Waals surface area contributed by atoms with Crippen LogP contribution in [0.2, 0.25) is 0 Å². The van der Waals surface area contributed by atoms with Gasteiger partial charge in [0, 0.05) is 49.4 Å². The first kappa shape index (κ1) is 21.2. The van der Waals surface area contributed by atoms with Gasteiger partial charge in [0.2, 0.25) is 0 Å². The van der Waals surface area contributed by atoms with Gasteiger partial charge >= 0.3 is 0 Å². The van der Waals surface area contributed by atoms with Crippen LogP contribution in [0.3, 0.4) is 0 Å². The molecule has 1 fully saturated rings. The minimum atomic E-state index is -0.428. The second-order valence-corrected chi connectivity index (χ2v) is 8.57. The van der Waals surface area contributed by atoms with Gasteiger partial charge in [-0.25, -0.2) is 14.4 Å². The molecule has 176 valence electrons. The van der Waals surface area contributed by atoms with Gasteiger partial charge in [-0.3, -0.25) is 9.89 Å². The second-order valence-electron chi connectivity index (χ2n) is 8.57. The molecular weight excluding hydrogens is 447 g/mol. The number of pyridine rings is 3. The molecule has 5 heterocycles. The SMILES string of the molecule is Cc1n[nH]c2cc(F)c(-c3cc(Nc4ccc(N5CCNCC5)cn4)c4c(=O)[nH]ccc4n3)cc12. The summed E-state index contributed by atoms with van der Waals surface area (Å²) in [5.74, 6) is 0.148. The third-order valence-electron chi connectivity index (χ3n) is 6.34. The summed E-state index contributed by atoms with van der Waals surface area (Å²) >= 11 is 0. The van der Waals surface area contributed by atoms with Crippen molar-refractivity contribution in [3.05, 3.63) is 70.7 Å². The Hall–Kier alpha value is -4.31. The molecule has 9 nitrogen and oxygen atoms in total. The molecule has 0 saturated carbocycles. The van der Waals surface area contributed by atoms with Crippen LogP contribution in [-0.4, -0.2) is 51.3 Å². The summed E-state index contributed by atoms with van der Waals surface area (Å²) in [6.45, 7) is 5.59. The zero-order chi connectivity index (χ0) is 23.9. The predicted octanol–water partition coefficient (Wildman–Crippen LogP) is 3.46. The molecule has 0 aliphatic carbocycles. The molecule has 0 atom stereocenters. The number of hydrogen-bond donors (Lipinski definition) is 4. The average Bonchev–Trinajstić information content (AvgIpc) is 3.23. The van der Waals surface area contributed by atoms with E-state index in [4.69, 9.17) is 0 Å². The van der Waals surface area contributed by atoms with Gasteiger partial charge in [-0.15, -0.1) is 0 Å². The minimum Gasteiger partial charge on any atom is -0.368 e. The lowest BCUT2D eigenvalue weighted by Crippen LogP contribution is -2.43. The number of nitrogens with zero attached hydrogens (tertiary/aromatic N) is 4. The van der Waals surface area contributed by atoms with Gasteiger partial charge in [-0.2, -0.15) is 5.10 Å². The standard InChI is InChI=1S/C25H23FN8O/c1-14-16-10-17(18(26)11-21(16)33-32-14)20-12-22(24-19(30-20)4-5-28-25(24)35)31-23-3-2-15(13-29-23)34-8-6-27-7-9-34/h2-5,10-13,27H,6-9H2,1H3,(H,28,35)(H,32,33)(H,29,30,31). The van der Waals surface area contributed by atoms with E-state index in [0.29, 0.717) is 39.2 Å². The molecule has 0 spiro atoms. The zero-order valence-electron chi connectivity index (χ0n) is 19.0. The Labute approximate surface area is 199 Å². The summed E-state index contributed by atoms with van der Waals surface area (Å²) in [7, 11) is 0.